The smallest absolute Gasteiger partial charge is 0.305 e. The zero-order chi connectivity index (χ0) is 12.8. The van der Waals surface area contributed by atoms with Crippen LogP contribution in [0.5, 0.6) is 0 Å². The molecule has 0 saturated carbocycles. The van der Waals surface area contributed by atoms with Gasteiger partial charge in [0.2, 0.25) is 0 Å². The Morgan fingerprint density at radius 3 is 2.76 bits per heavy atom. The molecular weight excluding hydrogens is 224 g/mol. The standard InChI is InChI=1S/C11H16N2O4/c1-8-7-9(12-17-8)11(15)13(2)6-4-5-10(14)16-3/h7H,4-6H2,1-3H3. The first-order valence-electron chi connectivity index (χ1n) is 5.30. The maximum absolute atomic E-state index is 11.8. The van der Waals surface area contributed by atoms with Gasteiger partial charge >= 0.3 is 5.97 Å². The third-order valence-electron chi connectivity index (χ3n) is 2.30. The normalized spacial score (nSPS) is 10.1. The highest BCUT2D eigenvalue weighted by molar-refractivity contribution is 5.92. The van der Waals surface area contributed by atoms with Gasteiger partial charge in [-0.3, -0.25) is 9.59 Å². The van der Waals surface area contributed by atoms with Crippen LogP contribution in [-0.2, 0) is 9.53 Å². The lowest BCUT2D eigenvalue weighted by molar-refractivity contribution is -0.140. The third-order valence-corrected chi connectivity index (χ3v) is 2.30. The van der Waals surface area contributed by atoms with Gasteiger partial charge in [-0.2, -0.15) is 0 Å². The average molecular weight is 240 g/mol. The molecule has 1 amide bonds. The van der Waals surface area contributed by atoms with E-state index < -0.39 is 0 Å². The summed E-state index contributed by atoms with van der Waals surface area (Å²) in [5, 5.41) is 3.64. The second-order valence-corrected chi connectivity index (χ2v) is 3.73. The van der Waals surface area contributed by atoms with E-state index in [-0.39, 0.29) is 17.6 Å². The highest BCUT2D eigenvalue weighted by atomic mass is 16.5. The van der Waals surface area contributed by atoms with Gasteiger partial charge in [-0.1, -0.05) is 5.16 Å². The summed E-state index contributed by atoms with van der Waals surface area (Å²) in [7, 11) is 3.00. The van der Waals surface area contributed by atoms with Crippen molar-refractivity contribution in [3.63, 3.8) is 0 Å². The van der Waals surface area contributed by atoms with Crippen molar-refractivity contribution in [1.82, 2.24) is 10.1 Å². The molecule has 17 heavy (non-hydrogen) atoms. The minimum atomic E-state index is -0.275. The van der Waals surface area contributed by atoms with Crippen LogP contribution < -0.4 is 0 Å². The number of nitrogens with zero attached hydrogens (tertiary/aromatic N) is 2. The lowest BCUT2D eigenvalue weighted by atomic mass is 10.3. The Kier molecular flexibility index (Phi) is 4.68. The number of methoxy groups -OCH3 is 1. The molecule has 1 heterocycles. The third kappa shape index (κ3) is 3.90. The van der Waals surface area contributed by atoms with E-state index in [4.69, 9.17) is 4.52 Å². The molecule has 0 atom stereocenters. The highest BCUT2D eigenvalue weighted by Crippen LogP contribution is 2.05. The largest absolute Gasteiger partial charge is 0.469 e. The number of aryl methyl sites for hydroxylation is 1. The van der Waals surface area contributed by atoms with Crippen LogP contribution in [0.3, 0.4) is 0 Å². The lowest BCUT2D eigenvalue weighted by Crippen LogP contribution is -2.28. The fourth-order valence-electron chi connectivity index (χ4n) is 1.33. The molecule has 0 spiro atoms. The van der Waals surface area contributed by atoms with Crippen molar-refractivity contribution in [2.24, 2.45) is 0 Å². The molecule has 0 bridgehead atoms. The van der Waals surface area contributed by atoms with E-state index in [1.165, 1.54) is 12.0 Å². The van der Waals surface area contributed by atoms with E-state index in [1.807, 2.05) is 0 Å². The second kappa shape index (κ2) is 6.03. The maximum Gasteiger partial charge on any atom is 0.305 e. The van der Waals surface area contributed by atoms with E-state index in [0.717, 1.165) is 0 Å². The fraction of sp³-hybridized carbons (Fsp3) is 0.545. The van der Waals surface area contributed by atoms with E-state index in [1.54, 1.807) is 20.0 Å². The zero-order valence-electron chi connectivity index (χ0n) is 10.2. The molecule has 94 valence electrons. The molecule has 1 aromatic rings. The Balaban J connectivity index is 2.40. The molecule has 0 saturated heterocycles. The molecule has 0 aliphatic carbocycles. The van der Waals surface area contributed by atoms with Gasteiger partial charge in [0.1, 0.15) is 5.76 Å². The van der Waals surface area contributed by atoms with Crippen LogP contribution in [0, 0.1) is 6.92 Å². The molecule has 1 aromatic heterocycles. The fourth-order valence-corrected chi connectivity index (χ4v) is 1.33. The number of hydrogen-bond acceptors (Lipinski definition) is 5. The van der Waals surface area contributed by atoms with Gasteiger partial charge in [0.25, 0.3) is 5.91 Å². The van der Waals surface area contributed by atoms with Crippen molar-refractivity contribution in [1.29, 1.82) is 0 Å². The Morgan fingerprint density at radius 2 is 2.24 bits per heavy atom. The van der Waals surface area contributed by atoms with Gasteiger partial charge in [0.05, 0.1) is 7.11 Å². The van der Waals surface area contributed by atoms with Gasteiger partial charge in [0, 0.05) is 26.1 Å². The molecule has 0 fully saturated rings. The number of ether oxygens (including phenoxy) is 1. The Morgan fingerprint density at radius 1 is 1.53 bits per heavy atom. The van der Waals surface area contributed by atoms with Crippen LogP contribution in [0.1, 0.15) is 29.1 Å². The average Bonchev–Trinajstić information content (AvgIpc) is 2.74. The number of aromatic nitrogens is 1. The molecular formula is C11H16N2O4. The molecule has 0 unspecified atom stereocenters. The summed E-state index contributed by atoms with van der Waals surface area (Å²) >= 11 is 0. The summed E-state index contributed by atoms with van der Waals surface area (Å²) in [6.07, 6.45) is 0.859. The van der Waals surface area contributed by atoms with Crippen LogP contribution in [0.4, 0.5) is 0 Å². The van der Waals surface area contributed by atoms with Gasteiger partial charge in [-0.15, -0.1) is 0 Å². The minimum absolute atomic E-state index is 0.216. The minimum Gasteiger partial charge on any atom is -0.469 e. The predicted octanol–water partition coefficient (Wildman–Crippen LogP) is 1.01. The summed E-state index contributed by atoms with van der Waals surface area (Å²) in [6, 6.07) is 1.58. The quantitative estimate of drug-likeness (QED) is 0.718. The summed E-state index contributed by atoms with van der Waals surface area (Å²) in [5.74, 6) is 0.103. The van der Waals surface area contributed by atoms with Gasteiger partial charge in [0.15, 0.2) is 5.69 Å². The van der Waals surface area contributed by atoms with Gasteiger partial charge < -0.3 is 14.2 Å². The van der Waals surface area contributed by atoms with E-state index in [9.17, 15) is 9.59 Å². The first-order chi connectivity index (χ1) is 8.04. The van der Waals surface area contributed by atoms with E-state index in [2.05, 4.69) is 9.89 Å². The number of esters is 1. The summed E-state index contributed by atoms with van der Waals surface area (Å²) < 4.78 is 9.34. The first kappa shape index (κ1) is 13.2. The molecule has 6 heteroatoms. The second-order valence-electron chi connectivity index (χ2n) is 3.73. The SMILES string of the molecule is COC(=O)CCCN(C)C(=O)c1cc(C)on1. The van der Waals surface area contributed by atoms with Crippen LogP contribution >= 0.6 is 0 Å². The van der Waals surface area contributed by atoms with Crippen molar-refractivity contribution >= 4 is 11.9 Å². The summed E-state index contributed by atoms with van der Waals surface area (Å²) in [6.45, 7) is 2.20. The van der Waals surface area contributed by atoms with Crippen LogP contribution in [-0.4, -0.2) is 42.6 Å². The van der Waals surface area contributed by atoms with E-state index >= 15 is 0 Å². The van der Waals surface area contributed by atoms with Crippen LogP contribution in [0.15, 0.2) is 10.6 Å². The molecule has 0 aliphatic heterocycles. The predicted molar refractivity (Wildman–Crippen MR) is 59.5 cm³/mol. The first-order valence-corrected chi connectivity index (χ1v) is 5.30. The summed E-state index contributed by atoms with van der Waals surface area (Å²) in [5.41, 5.74) is 0.281. The number of carbonyl (C=O) groups is 2. The molecule has 0 aromatic carbocycles. The zero-order valence-corrected chi connectivity index (χ0v) is 10.2. The lowest BCUT2D eigenvalue weighted by Gasteiger charge is -2.14. The van der Waals surface area contributed by atoms with Crippen molar-refractivity contribution in [3.05, 3.63) is 17.5 Å². The highest BCUT2D eigenvalue weighted by Gasteiger charge is 2.15. The monoisotopic (exact) mass is 240 g/mol. The topological polar surface area (TPSA) is 72.6 Å². The van der Waals surface area contributed by atoms with Crippen LogP contribution in [0.2, 0.25) is 0 Å². The Bertz CT molecular complexity index is 400. The van der Waals surface area contributed by atoms with E-state index in [0.29, 0.717) is 25.1 Å². The molecule has 0 radical (unpaired) electrons. The van der Waals surface area contributed by atoms with Crippen molar-refractivity contribution in [2.75, 3.05) is 20.7 Å². The molecule has 0 aliphatic rings. The summed E-state index contributed by atoms with van der Waals surface area (Å²) in [4.78, 5) is 24.2. The number of carbonyl (C=O) groups excluding carboxylic acids is 2. The molecule has 1 rings (SSSR count). The van der Waals surface area contributed by atoms with Gasteiger partial charge in [-0.05, 0) is 13.3 Å². The maximum atomic E-state index is 11.8. The Hall–Kier alpha value is -1.85. The molecule has 6 nitrogen and oxygen atoms in total. The van der Waals surface area contributed by atoms with Crippen molar-refractivity contribution in [2.45, 2.75) is 19.8 Å². The molecule has 0 N–H and O–H groups in total. The number of hydrogen-bond donors (Lipinski definition) is 0. The van der Waals surface area contributed by atoms with Crippen molar-refractivity contribution < 1.29 is 18.8 Å². The van der Waals surface area contributed by atoms with Crippen LogP contribution in [0.25, 0.3) is 0 Å². The number of rotatable bonds is 5. The Labute approximate surface area is 99.5 Å². The number of amides is 1. The van der Waals surface area contributed by atoms with Crippen molar-refractivity contribution in [3.8, 4) is 0 Å². The van der Waals surface area contributed by atoms with Gasteiger partial charge in [-0.25, -0.2) is 0 Å².